The topological polar surface area (TPSA) is 58.6 Å². The van der Waals surface area contributed by atoms with Crippen LogP contribution in [-0.4, -0.2) is 31.6 Å². The minimum atomic E-state index is -0.439. The molecule has 0 radical (unpaired) electrons. The van der Waals surface area contributed by atoms with Crippen molar-refractivity contribution in [2.24, 2.45) is 0 Å². The predicted molar refractivity (Wildman–Crippen MR) is 112 cm³/mol. The maximum atomic E-state index is 12.7. The van der Waals surface area contributed by atoms with Crippen LogP contribution in [0.25, 0.3) is 0 Å². The first-order valence-corrected chi connectivity index (χ1v) is 10.2. The molecule has 1 aliphatic heterocycles. The lowest BCUT2D eigenvalue weighted by Crippen LogP contribution is -2.29. The molecule has 1 N–H and O–H groups in total. The van der Waals surface area contributed by atoms with E-state index in [2.05, 4.69) is 10.2 Å². The van der Waals surface area contributed by atoms with Crippen LogP contribution in [0.4, 0.5) is 11.4 Å². The first-order chi connectivity index (χ1) is 13.6. The molecule has 1 aliphatic rings. The quantitative estimate of drug-likeness (QED) is 0.556. The molecular formula is C22H25ClN2O3. The number of esters is 1. The van der Waals surface area contributed by atoms with E-state index in [0.29, 0.717) is 22.7 Å². The molecule has 1 amide bonds. The Morgan fingerprint density at radius 1 is 1.11 bits per heavy atom. The Kier molecular flexibility index (Phi) is 6.93. The number of hydrogen-bond donors (Lipinski definition) is 1. The Morgan fingerprint density at radius 3 is 2.61 bits per heavy atom. The van der Waals surface area contributed by atoms with Crippen LogP contribution in [0.1, 0.15) is 52.5 Å². The van der Waals surface area contributed by atoms with E-state index in [1.807, 2.05) is 18.2 Å². The Morgan fingerprint density at radius 2 is 1.89 bits per heavy atom. The van der Waals surface area contributed by atoms with Gasteiger partial charge < -0.3 is 15.0 Å². The van der Waals surface area contributed by atoms with Gasteiger partial charge in [-0.15, -0.1) is 11.6 Å². The number of nitrogens with zero attached hydrogens (tertiary/aromatic N) is 1. The summed E-state index contributed by atoms with van der Waals surface area (Å²) in [5.74, 6) is -0.394. The van der Waals surface area contributed by atoms with Gasteiger partial charge in [0.05, 0.1) is 17.9 Å². The Labute approximate surface area is 170 Å². The number of halogens is 1. The third-order valence-corrected chi connectivity index (χ3v) is 5.12. The number of carbonyl (C=O) groups is 2. The summed E-state index contributed by atoms with van der Waals surface area (Å²) in [7, 11) is 0. The molecule has 6 heteroatoms. The summed E-state index contributed by atoms with van der Waals surface area (Å²) in [6.45, 7) is 3.98. The summed E-state index contributed by atoms with van der Waals surface area (Å²) in [6.07, 6.45) is 3.52. The molecule has 2 aromatic carbocycles. The number of rotatable bonds is 6. The van der Waals surface area contributed by atoms with Gasteiger partial charge in [-0.3, -0.25) is 4.79 Å². The lowest BCUT2D eigenvalue weighted by molar-refractivity contribution is 0.0527. The maximum Gasteiger partial charge on any atom is 0.340 e. The van der Waals surface area contributed by atoms with Gasteiger partial charge in [-0.1, -0.05) is 12.1 Å². The molecule has 0 saturated carbocycles. The molecule has 5 nitrogen and oxygen atoms in total. The smallest absolute Gasteiger partial charge is 0.340 e. The second kappa shape index (κ2) is 9.60. The fourth-order valence-electron chi connectivity index (χ4n) is 3.36. The lowest BCUT2D eigenvalue weighted by atomic mass is 10.1. The molecule has 0 aromatic heterocycles. The zero-order chi connectivity index (χ0) is 19.9. The van der Waals surface area contributed by atoms with Gasteiger partial charge in [0.15, 0.2) is 0 Å². The van der Waals surface area contributed by atoms with E-state index in [-0.39, 0.29) is 12.5 Å². The van der Waals surface area contributed by atoms with Gasteiger partial charge in [0.25, 0.3) is 5.91 Å². The van der Waals surface area contributed by atoms with Gasteiger partial charge in [-0.2, -0.15) is 0 Å². The highest BCUT2D eigenvalue weighted by Crippen LogP contribution is 2.27. The molecule has 1 saturated heterocycles. The first-order valence-electron chi connectivity index (χ1n) is 9.64. The van der Waals surface area contributed by atoms with E-state index in [4.69, 9.17) is 16.3 Å². The van der Waals surface area contributed by atoms with Crippen LogP contribution in [0.2, 0.25) is 0 Å². The highest BCUT2D eigenvalue weighted by molar-refractivity contribution is 6.17. The minimum absolute atomic E-state index is 0.276. The molecule has 1 fully saturated rings. The summed E-state index contributed by atoms with van der Waals surface area (Å²) < 4.78 is 5.21. The van der Waals surface area contributed by atoms with Crippen LogP contribution in [0, 0.1) is 0 Å². The molecule has 0 aliphatic carbocycles. The summed E-state index contributed by atoms with van der Waals surface area (Å²) >= 11 is 5.86. The average molecular weight is 401 g/mol. The van der Waals surface area contributed by atoms with Gasteiger partial charge in [-0.25, -0.2) is 4.79 Å². The summed E-state index contributed by atoms with van der Waals surface area (Å²) in [5.41, 5.74) is 3.14. The number of piperidine rings is 1. The standard InChI is InChI=1S/C22H25ClN2O3/c1-2-28-22(27)19-14-18(25-11-4-3-5-12-25)9-10-20(19)24-21(26)17-8-6-7-16(13-17)15-23/h6-10,13-14H,2-5,11-12,15H2,1H3,(H,24,26). The average Bonchev–Trinajstić information content (AvgIpc) is 2.74. The molecule has 28 heavy (non-hydrogen) atoms. The first kappa shape index (κ1) is 20.2. The third kappa shape index (κ3) is 4.84. The highest BCUT2D eigenvalue weighted by Gasteiger charge is 2.19. The van der Waals surface area contributed by atoms with E-state index < -0.39 is 5.97 Å². The van der Waals surface area contributed by atoms with Crippen LogP contribution in [0.3, 0.4) is 0 Å². The van der Waals surface area contributed by atoms with E-state index in [1.165, 1.54) is 6.42 Å². The van der Waals surface area contributed by atoms with Crippen LogP contribution in [-0.2, 0) is 10.6 Å². The molecule has 3 rings (SSSR count). The van der Waals surface area contributed by atoms with Crippen molar-refractivity contribution in [2.75, 3.05) is 29.9 Å². The van der Waals surface area contributed by atoms with Crippen molar-refractivity contribution >= 4 is 34.9 Å². The number of hydrogen-bond acceptors (Lipinski definition) is 4. The van der Waals surface area contributed by atoms with Crippen molar-refractivity contribution < 1.29 is 14.3 Å². The second-order valence-corrected chi connectivity index (χ2v) is 7.05. The summed E-state index contributed by atoms with van der Waals surface area (Å²) in [4.78, 5) is 27.5. The van der Waals surface area contributed by atoms with Crippen molar-refractivity contribution in [3.8, 4) is 0 Å². The Hall–Kier alpha value is -2.53. The fraction of sp³-hybridized carbons (Fsp3) is 0.364. The van der Waals surface area contributed by atoms with E-state index in [1.54, 1.807) is 31.2 Å². The van der Waals surface area contributed by atoms with Gasteiger partial charge in [0, 0.05) is 30.2 Å². The number of ether oxygens (including phenoxy) is 1. The normalized spacial score (nSPS) is 13.9. The number of carbonyl (C=O) groups excluding carboxylic acids is 2. The van der Waals surface area contributed by atoms with Crippen molar-refractivity contribution in [2.45, 2.75) is 32.1 Å². The van der Waals surface area contributed by atoms with Gasteiger partial charge >= 0.3 is 5.97 Å². The number of amides is 1. The lowest BCUT2D eigenvalue weighted by Gasteiger charge is -2.29. The van der Waals surface area contributed by atoms with Crippen LogP contribution < -0.4 is 10.2 Å². The monoisotopic (exact) mass is 400 g/mol. The Balaban J connectivity index is 1.87. The van der Waals surface area contributed by atoms with E-state index in [9.17, 15) is 9.59 Å². The number of alkyl halides is 1. The molecule has 148 valence electrons. The summed E-state index contributed by atoms with van der Waals surface area (Å²) in [6, 6.07) is 12.7. The second-order valence-electron chi connectivity index (χ2n) is 6.79. The molecule has 2 aromatic rings. The SMILES string of the molecule is CCOC(=O)c1cc(N2CCCCC2)ccc1NC(=O)c1cccc(CCl)c1. The highest BCUT2D eigenvalue weighted by atomic mass is 35.5. The third-order valence-electron chi connectivity index (χ3n) is 4.81. The molecular weight excluding hydrogens is 376 g/mol. The van der Waals surface area contributed by atoms with Crippen molar-refractivity contribution in [3.63, 3.8) is 0 Å². The van der Waals surface area contributed by atoms with Crippen LogP contribution >= 0.6 is 11.6 Å². The van der Waals surface area contributed by atoms with E-state index >= 15 is 0 Å². The van der Waals surface area contributed by atoms with Gasteiger partial charge in [-0.05, 0) is 62.1 Å². The number of anilines is 2. The summed E-state index contributed by atoms with van der Waals surface area (Å²) in [5, 5.41) is 2.85. The molecule has 0 unspecified atom stereocenters. The van der Waals surface area contributed by atoms with Gasteiger partial charge in [0.2, 0.25) is 0 Å². The molecule has 0 spiro atoms. The minimum Gasteiger partial charge on any atom is -0.462 e. The van der Waals surface area contributed by atoms with Crippen molar-refractivity contribution in [1.29, 1.82) is 0 Å². The number of nitrogens with one attached hydrogen (secondary N) is 1. The fourth-order valence-corrected chi connectivity index (χ4v) is 3.52. The van der Waals surface area contributed by atoms with Crippen LogP contribution in [0.15, 0.2) is 42.5 Å². The van der Waals surface area contributed by atoms with Crippen LogP contribution in [0.5, 0.6) is 0 Å². The van der Waals surface area contributed by atoms with Gasteiger partial charge in [0.1, 0.15) is 0 Å². The van der Waals surface area contributed by atoms with Crippen molar-refractivity contribution in [3.05, 3.63) is 59.2 Å². The molecule has 1 heterocycles. The largest absolute Gasteiger partial charge is 0.462 e. The zero-order valence-corrected chi connectivity index (χ0v) is 16.8. The maximum absolute atomic E-state index is 12.7. The van der Waals surface area contributed by atoms with Crippen molar-refractivity contribution in [1.82, 2.24) is 0 Å². The predicted octanol–water partition coefficient (Wildman–Crippen LogP) is 4.84. The zero-order valence-electron chi connectivity index (χ0n) is 16.0. The van der Waals surface area contributed by atoms with E-state index in [0.717, 1.165) is 37.2 Å². The number of benzene rings is 2. The molecule has 0 bridgehead atoms. The Bertz CT molecular complexity index is 847. The molecule has 0 atom stereocenters.